The Balaban J connectivity index is 1.28. The molecule has 148 valence electrons. The van der Waals surface area contributed by atoms with Gasteiger partial charge in [-0.15, -0.1) is 11.3 Å². The van der Waals surface area contributed by atoms with Crippen LogP contribution in [0, 0.1) is 12.8 Å². The molecule has 1 aliphatic heterocycles. The van der Waals surface area contributed by atoms with Crippen molar-refractivity contribution >= 4 is 23.2 Å². The van der Waals surface area contributed by atoms with Gasteiger partial charge < -0.3 is 15.0 Å². The van der Waals surface area contributed by atoms with Crippen molar-refractivity contribution in [3.8, 4) is 5.75 Å². The zero-order valence-corrected chi connectivity index (χ0v) is 17.0. The van der Waals surface area contributed by atoms with Gasteiger partial charge in [0, 0.05) is 35.5 Å². The summed E-state index contributed by atoms with van der Waals surface area (Å²) < 4.78 is 5.94. The summed E-state index contributed by atoms with van der Waals surface area (Å²) in [6, 6.07) is 11.6. The lowest BCUT2D eigenvalue weighted by Gasteiger charge is -2.32. The zero-order chi connectivity index (χ0) is 19.5. The number of likely N-dealkylation sites (tertiary alicyclic amines) is 1. The Morgan fingerprint density at radius 3 is 2.61 bits per heavy atom. The van der Waals surface area contributed by atoms with Crippen molar-refractivity contribution in [1.82, 2.24) is 10.2 Å². The fourth-order valence-corrected chi connectivity index (χ4v) is 4.34. The van der Waals surface area contributed by atoms with E-state index in [1.165, 1.54) is 0 Å². The van der Waals surface area contributed by atoms with Crippen molar-refractivity contribution in [1.29, 1.82) is 0 Å². The van der Waals surface area contributed by atoms with E-state index >= 15 is 0 Å². The van der Waals surface area contributed by atoms with Crippen molar-refractivity contribution in [3.63, 3.8) is 0 Å². The second-order valence-corrected chi connectivity index (χ2v) is 9.04. The summed E-state index contributed by atoms with van der Waals surface area (Å²) in [5.74, 6) is 1.21. The lowest BCUT2D eigenvalue weighted by atomic mass is 9.99. The first-order valence-corrected chi connectivity index (χ1v) is 10.8. The van der Waals surface area contributed by atoms with E-state index in [-0.39, 0.29) is 11.8 Å². The molecule has 2 heterocycles. The van der Waals surface area contributed by atoms with E-state index in [1.807, 2.05) is 48.2 Å². The topological polar surface area (TPSA) is 58.6 Å². The Kier molecular flexibility index (Phi) is 5.67. The van der Waals surface area contributed by atoms with Crippen LogP contribution in [-0.4, -0.2) is 42.5 Å². The molecule has 2 amide bonds. The largest absolute Gasteiger partial charge is 0.493 e. The number of rotatable bonds is 6. The van der Waals surface area contributed by atoms with Crippen LogP contribution >= 0.6 is 11.3 Å². The molecule has 1 aliphatic carbocycles. The summed E-state index contributed by atoms with van der Waals surface area (Å²) in [7, 11) is 0. The highest BCUT2D eigenvalue weighted by atomic mass is 32.1. The molecule has 28 heavy (non-hydrogen) atoms. The lowest BCUT2D eigenvalue weighted by molar-refractivity contribution is 0.0638. The molecule has 1 atom stereocenters. The Hall–Kier alpha value is -2.34. The van der Waals surface area contributed by atoms with Crippen LogP contribution in [0.2, 0.25) is 0 Å². The Morgan fingerprint density at radius 2 is 1.93 bits per heavy atom. The predicted molar refractivity (Wildman–Crippen MR) is 110 cm³/mol. The molecular formula is C22H26N2O3S. The van der Waals surface area contributed by atoms with E-state index in [1.54, 1.807) is 11.3 Å². The van der Waals surface area contributed by atoms with E-state index in [0.29, 0.717) is 24.1 Å². The van der Waals surface area contributed by atoms with Crippen molar-refractivity contribution in [2.75, 3.05) is 19.7 Å². The highest BCUT2D eigenvalue weighted by Crippen LogP contribution is 2.24. The summed E-state index contributed by atoms with van der Waals surface area (Å²) in [6.07, 6.45) is 4.24. The number of carbonyl (C=O) groups excluding carboxylic acids is 2. The van der Waals surface area contributed by atoms with E-state index in [0.717, 1.165) is 54.3 Å². The molecule has 6 heteroatoms. The summed E-state index contributed by atoms with van der Waals surface area (Å²) in [4.78, 5) is 28.6. The molecule has 2 aliphatic rings. The number of carbonyl (C=O) groups is 2. The van der Waals surface area contributed by atoms with Gasteiger partial charge in [0.1, 0.15) is 5.75 Å². The number of piperidine rings is 1. The minimum absolute atomic E-state index is 0.0145. The molecular weight excluding hydrogens is 372 g/mol. The first-order chi connectivity index (χ1) is 13.6. The lowest BCUT2D eigenvalue weighted by Crippen LogP contribution is -2.41. The van der Waals surface area contributed by atoms with Crippen molar-refractivity contribution in [3.05, 3.63) is 51.7 Å². The maximum absolute atomic E-state index is 12.7. The maximum atomic E-state index is 12.7. The van der Waals surface area contributed by atoms with Crippen LogP contribution in [0.5, 0.6) is 5.75 Å². The third-order valence-corrected chi connectivity index (χ3v) is 6.26. The van der Waals surface area contributed by atoms with Gasteiger partial charge >= 0.3 is 0 Å². The maximum Gasteiger partial charge on any atom is 0.263 e. The van der Waals surface area contributed by atoms with Crippen molar-refractivity contribution in [2.45, 2.75) is 38.6 Å². The third kappa shape index (κ3) is 4.73. The number of ether oxygens (including phenoxy) is 1. The highest BCUT2D eigenvalue weighted by molar-refractivity contribution is 7.13. The van der Waals surface area contributed by atoms with Crippen molar-refractivity contribution < 1.29 is 14.3 Å². The van der Waals surface area contributed by atoms with Gasteiger partial charge in [0.2, 0.25) is 0 Å². The molecule has 4 rings (SSSR count). The number of hydrogen-bond donors (Lipinski definition) is 1. The average Bonchev–Trinajstić information content (AvgIpc) is 3.43. The number of thiophene rings is 1. The standard InChI is InChI=1S/C22H26N2O3S/c1-15-4-11-20(28-15)22(26)24-12-2-3-16(13-24)14-27-19-9-5-17(6-10-19)21(25)23-18-7-8-18/h4-6,9-11,16,18H,2-3,7-8,12-14H2,1H3,(H,23,25)/t16-/m0/s1. The second-order valence-electron chi connectivity index (χ2n) is 7.75. The molecule has 1 aromatic carbocycles. The normalized spacial score (nSPS) is 19.3. The molecule has 0 unspecified atom stereocenters. The fourth-order valence-electron chi connectivity index (χ4n) is 3.50. The van der Waals surface area contributed by atoms with Gasteiger partial charge in [0.05, 0.1) is 11.5 Å². The van der Waals surface area contributed by atoms with Crippen LogP contribution < -0.4 is 10.1 Å². The number of amides is 2. The molecule has 2 fully saturated rings. The molecule has 0 bridgehead atoms. The molecule has 1 saturated heterocycles. The van der Waals surface area contributed by atoms with Crippen LogP contribution in [0.25, 0.3) is 0 Å². The summed E-state index contributed by atoms with van der Waals surface area (Å²) in [5.41, 5.74) is 0.667. The van der Waals surface area contributed by atoms with E-state index in [4.69, 9.17) is 4.74 Å². The molecule has 0 spiro atoms. The first kappa shape index (κ1) is 19.0. The minimum atomic E-state index is -0.0145. The Morgan fingerprint density at radius 1 is 1.14 bits per heavy atom. The van der Waals surface area contributed by atoms with Crippen LogP contribution in [0.1, 0.15) is 50.6 Å². The SMILES string of the molecule is Cc1ccc(C(=O)N2CCC[C@H](COc3ccc(C(=O)NC4CC4)cc3)C2)s1. The van der Waals surface area contributed by atoms with Gasteiger partial charge in [-0.3, -0.25) is 9.59 Å². The quantitative estimate of drug-likeness (QED) is 0.803. The molecule has 0 radical (unpaired) electrons. The predicted octanol–water partition coefficient (Wildman–Crippen LogP) is 3.88. The third-order valence-electron chi connectivity index (χ3n) is 5.27. The summed E-state index contributed by atoms with van der Waals surface area (Å²) in [5, 5.41) is 2.99. The first-order valence-electron chi connectivity index (χ1n) is 9.98. The van der Waals surface area contributed by atoms with E-state index in [9.17, 15) is 9.59 Å². The summed E-state index contributed by atoms with van der Waals surface area (Å²) >= 11 is 1.56. The number of nitrogens with zero attached hydrogens (tertiary/aromatic N) is 1. The molecule has 1 saturated carbocycles. The fraction of sp³-hybridized carbons (Fsp3) is 0.455. The van der Waals surface area contributed by atoms with Gasteiger partial charge in [0.15, 0.2) is 0 Å². The van der Waals surface area contributed by atoms with Gasteiger partial charge in [-0.1, -0.05) is 0 Å². The minimum Gasteiger partial charge on any atom is -0.493 e. The average molecular weight is 399 g/mol. The smallest absolute Gasteiger partial charge is 0.263 e. The zero-order valence-electron chi connectivity index (χ0n) is 16.1. The summed E-state index contributed by atoms with van der Waals surface area (Å²) in [6.45, 7) is 4.16. The Bertz CT molecular complexity index is 842. The van der Waals surface area contributed by atoms with E-state index in [2.05, 4.69) is 5.32 Å². The number of benzene rings is 1. The van der Waals surface area contributed by atoms with Crippen LogP contribution in [0.3, 0.4) is 0 Å². The van der Waals surface area contributed by atoms with Crippen LogP contribution in [0.4, 0.5) is 0 Å². The second kappa shape index (κ2) is 8.35. The number of nitrogens with one attached hydrogen (secondary N) is 1. The highest BCUT2D eigenvalue weighted by Gasteiger charge is 2.26. The molecule has 5 nitrogen and oxygen atoms in total. The van der Waals surface area contributed by atoms with Gasteiger partial charge in [0.25, 0.3) is 11.8 Å². The van der Waals surface area contributed by atoms with Crippen molar-refractivity contribution in [2.24, 2.45) is 5.92 Å². The van der Waals surface area contributed by atoms with Gasteiger partial charge in [-0.2, -0.15) is 0 Å². The molecule has 1 N–H and O–H groups in total. The van der Waals surface area contributed by atoms with Crippen LogP contribution in [-0.2, 0) is 0 Å². The Labute approximate surface area is 169 Å². The van der Waals surface area contributed by atoms with E-state index < -0.39 is 0 Å². The van der Waals surface area contributed by atoms with Gasteiger partial charge in [-0.05, 0) is 69.0 Å². The molecule has 2 aromatic rings. The van der Waals surface area contributed by atoms with Gasteiger partial charge in [-0.25, -0.2) is 0 Å². The monoisotopic (exact) mass is 398 g/mol. The molecule has 1 aromatic heterocycles. The van der Waals surface area contributed by atoms with Crippen LogP contribution in [0.15, 0.2) is 36.4 Å². The number of hydrogen-bond acceptors (Lipinski definition) is 4. The number of aryl methyl sites for hydroxylation is 1.